The van der Waals surface area contributed by atoms with Crippen molar-refractivity contribution in [3.63, 3.8) is 0 Å². The van der Waals surface area contributed by atoms with E-state index in [0.717, 1.165) is 32.0 Å². The van der Waals surface area contributed by atoms with Crippen molar-refractivity contribution in [1.29, 1.82) is 0 Å². The minimum atomic E-state index is -0.370. The van der Waals surface area contributed by atoms with Crippen molar-refractivity contribution >= 4 is 27.5 Å². The Morgan fingerprint density at radius 1 is 1.07 bits per heavy atom. The van der Waals surface area contributed by atoms with Crippen molar-refractivity contribution in [2.24, 2.45) is 5.73 Å². The molecule has 4 rings (SSSR count). The zero-order valence-electron chi connectivity index (χ0n) is 17.0. The maximum atomic E-state index is 13.7. The van der Waals surface area contributed by atoms with E-state index in [2.05, 4.69) is 0 Å². The van der Waals surface area contributed by atoms with Crippen molar-refractivity contribution in [3.05, 3.63) is 75.4 Å². The summed E-state index contributed by atoms with van der Waals surface area (Å²) in [7, 11) is 0. The van der Waals surface area contributed by atoms with Crippen LogP contribution in [0.3, 0.4) is 0 Å². The number of aromatic nitrogens is 2. The van der Waals surface area contributed by atoms with Gasteiger partial charge in [0.15, 0.2) is 0 Å². The highest BCUT2D eigenvalue weighted by atomic mass is 32.1. The fraction of sp³-hybridized carbons (Fsp3) is 0.208. The van der Waals surface area contributed by atoms with Crippen LogP contribution in [0.25, 0.3) is 32.7 Å². The number of thiophene rings is 1. The molecule has 5 nitrogen and oxygen atoms in total. The lowest BCUT2D eigenvalue weighted by atomic mass is 10.0. The van der Waals surface area contributed by atoms with Crippen LogP contribution in [-0.4, -0.2) is 15.5 Å². The number of amides is 1. The van der Waals surface area contributed by atoms with Gasteiger partial charge in [-0.1, -0.05) is 54.1 Å². The summed E-state index contributed by atoms with van der Waals surface area (Å²) in [4.78, 5) is 31.7. The minimum Gasteiger partial charge on any atom is -0.370 e. The topological polar surface area (TPSA) is 78.0 Å². The van der Waals surface area contributed by atoms with E-state index in [0.29, 0.717) is 24.2 Å². The first kappa shape index (κ1) is 20.0. The van der Waals surface area contributed by atoms with Gasteiger partial charge in [0.1, 0.15) is 10.7 Å². The molecule has 0 radical (unpaired) electrons. The van der Waals surface area contributed by atoms with Crippen LogP contribution in [0.1, 0.15) is 23.3 Å². The minimum absolute atomic E-state index is 0.0795. The smallest absolute Gasteiger partial charge is 0.263 e. The van der Waals surface area contributed by atoms with Gasteiger partial charge in [-0.25, -0.2) is 4.98 Å². The van der Waals surface area contributed by atoms with E-state index in [1.54, 1.807) is 4.57 Å². The summed E-state index contributed by atoms with van der Waals surface area (Å²) in [5.74, 6) is 0.257. The number of carbonyl (C=O) groups excluding carboxylic acids is 1. The molecule has 0 unspecified atom stereocenters. The van der Waals surface area contributed by atoms with Gasteiger partial charge in [0.25, 0.3) is 5.56 Å². The Hall–Kier alpha value is -3.25. The number of nitrogens with zero attached hydrogens (tertiary/aromatic N) is 2. The van der Waals surface area contributed by atoms with E-state index in [1.807, 2.05) is 68.4 Å². The van der Waals surface area contributed by atoms with E-state index in [9.17, 15) is 9.59 Å². The van der Waals surface area contributed by atoms with E-state index in [1.165, 1.54) is 11.3 Å². The van der Waals surface area contributed by atoms with Crippen LogP contribution in [0.15, 0.2) is 59.4 Å². The Kier molecular flexibility index (Phi) is 5.50. The van der Waals surface area contributed by atoms with Crippen LogP contribution in [0.5, 0.6) is 0 Å². The second-order valence-corrected chi connectivity index (χ2v) is 8.61. The third-order valence-electron chi connectivity index (χ3n) is 5.13. The lowest BCUT2D eigenvalue weighted by Gasteiger charge is -2.13. The monoisotopic (exact) mass is 417 g/mol. The van der Waals surface area contributed by atoms with Gasteiger partial charge in [-0.05, 0) is 31.9 Å². The fourth-order valence-corrected chi connectivity index (χ4v) is 4.81. The van der Waals surface area contributed by atoms with Crippen LogP contribution in [-0.2, 0) is 11.3 Å². The summed E-state index contributed by atoms with van der Waals surface area (Å²) in [5, 5.41) is 0.638. The Morgan fingerprint density at radius 3 is 2.50 bits per heavy atom. The first-order valence-electron chi connectivity index (χ1n) is 9.90. The Bertz CT molecular complexity index is 1290. The Labute approximate surface area is 178 Å². The predicted molar refractivity (Wildman–Crippen MR) is 123 cm³/mol. The average molecular weight is 418 g/mol. The average Bonchev–Trinajstić information content (AvgIpc) is 3.06. The first-order chi connectivity index (χ1) is 14.5. The number of rotatable bonds is 6. The molecule has 0 aliphatic rings. The van der Waals surface area contributed by atoms with Gasteiger partial charge in [-0.15, -0.1) is 11.3 Å². The van der Waals surface area contributed by atoms with Gasteiger partial charge in [-0.2, -0.15) is 0 Å². The number of primary amides is 1. The summed E-state index contributed by atoms with van der Waals surface area (Å²) in [6.07, 6.45) is 0.719. The van der Waals surface area contributed by atoms with Crippen molar-refractivity contribution in [2.75, 3.05) is 0 Å². The fourth-order valence-electron chi connectivity index (χ4n) is 3.77. The predicted octanol–water partition coefficient (Wildman–Crippen LogP) is 4.67. The molecule has 2 aromatic carbocycles. The summed E-state index contributed by atoms with van der Waals surface area (Å²) in [5.41, 5.74) is 9.17. The molecule has 0 spiro atoms. The van der Waals surface area contributed by atoms with E-state index >= 15 is 0 Å². The van der Waals surface area contributed by atoms with Crippen molar-refractivity contribution in [2.45, 2.75) is 33.2 Å². The maximum Gasteiger partial charge on any atom is 0.263 e. The number of aryl methyl sites for hydroxylation is 2. The quantitative estimate of drug-likeness (QED) is 0.495. The van der Waals surface area contributed by atoms with Gasteiger partial charge in [-0.3, -0.25) is 14.2 Å². The highest BCUT2D eigenvalue weighted by Crippen LogP contribution is 2.36. The van der Waals surface area contributed by atoms with Crippen molar-refractivity contribution < 1.29 is 4.79 Å². The summed E-state index contributed by atoms with van der Waals surface area (Å²) in [6.45, 7) is 4.43. The molecule has 2 heterocycles. The van der Waals surface area contributed by atoms with Crippen LogP contribution >= 0.6 is 11.3 Å². The molecular formula is C24H23N3O2S. The van der Waals surface area contributed by atoms with Gasteiger partial charge in [0.2, 0.25) is 5.91 Å². The molecule has 0 saturated carbocycles. The summed E-state index contributed by atoms with van der Waals surface area (Å²) in [6, 6.07) is 17.9. The number of fused-ring (bicyclic) bond motifs is 1. The SMILES string of the molecule is Cc1cccc(-c2nc3sc(C)c(-c4ccccc4)c3c(=O)n2CCCC(N)=O)c1. The molecule has 1 amide bonds. The molecule has 0 fully saturated rings. The van der Waals surface area contributed by atoms with E-state index in [-0.39, 0.29) is 17.9 Å². The summed E-state index contributed by atoms with van der Waals surface area (Å²) >= 11 is 1.54. The highest BCUT2D eigenvalue weighted by Gasteiger charge is 2.20. The molecule has 0 aliphatic heterocycles. The largest absolute Gasteiger partial charge is 0.370 e. The van der Waals surface area contributed by atoms with Crippen LogP contribution < -0.4 is 11.3 Å². The lowest BCUT2D eigenvalue weighted by molar-refractivity contribution is -0.118. The number of carbonyl (C=O) groups is 1. The second kappa shape index (κ2) is 8.24. The standard InChI is InChI=1S/C24H23N3O2S/c1-15-8-6-11-18(14-15)22-26-23-21(24(29)27(22)13-7-12-19(25)28)20(16(2)30-23)17-9-4-3-5-10-17/h3-6,8-11,14H,7,12-13H2,1-2H3,(H2,25,28). The molecule has 2 aromatic heterocycles. The van der Waals surface area contributed by atoms with Crippen LogP contribution in [0, 0.1) is 13.8 Å². The number of hydrogen-bond acceptors (Lipinski definition) is 4. The number of nitrogens with two attached hydrogens (primary N) is 1. The zero-order valence-corrected chi connectivity index (χ0v) is 17.8. The van der Waals surface area contributed by atoms with Gasteiger partial charge in [0, 0.05) is 29.0 Å². The third kappa shape index (κ3) is 3.78. The molecule has 6 heteroatoms. The van der Waals surface area contributed by atoms with E-state index < -0.39 is 0 Å². The van der Waals surface area contributed by atoms with Crippen molar-refractivity contribution in [3.8, 4) is 22.5 Å². The normalized spacial score (nSPS) is 11.1. The molecule has 0 saturated heterocycles. The lowest BCUT2D eigenvalue weighted by Crippen LogP contribution is -2.24. The number of benzene rings is 2. The zero-order chi connectivity index (χ0) is 21.3. The van der Waals surface area contributed by atoms with Gasteiger partial charge >= 0.3 is 0 Å². The van der Waals surface area contributed by atoms with Gasteiger partial charge in [0.05, 0.1) is 5.39 Å². The first-order valence-corrected chi connectivity index (χ1v) is 10.7. The Morgan fingerprint density at radius 2 is 1.80 bits per heavy atom. The highest BCUT2D eigenvalue weighted by molar-refractivity contribution is 7.19. The van der Waals surface area contributed by atoms with Gasteiger partial charge < -0.3 is 5.73 Å². The Balaban J connectivity index is 1.97. The molecule has 152 valence electrons. The molecule has 0 aliphatic carbocycles. The maximum absolute atomic E-state index is 13.7. The molecule has 0 bridgehead atoms. The second-order valence-electron chi connectivity index (χ2n) is 7.41. The van der Waals surface area contributed by atoms with E-state index in [4.69, 9.17) is 10.7 Å². The molecule has 0 atom stereocenters. The van der Waals surface area contributed by atoms with Crippen LogP contribution in [0.2, 0.25) is 0 Å². The molecule has 2 N–H and O–H groups in total. The summed E-state index contributed by atoms with van der Waals surface area (Å²) < 4.78 is 1.69. The molecule has 4 aromatic rings. The molecular weight excluding hydrogens is 394 g/mol. The number of hydrogen-bond donors (Lipinski definition) is 1. The third-order valence-corrected chi connectivity index (χ3v) is 6.13. The molecule has 30 heavy (non-hydrogen) atoms. The van der Waals surface area contributed by atoms with Crippen molar-refractivity contribution in [1.82, 2.24) is 9.55 Å². The van der Waals surface area contributed by atoms with Crippen LogP contribution in [0.4, 0.5) is 0 Å².